The Balaban J connectivity index is 2.12. The van der Waals surface area contributed by atoms with Crippen LogP contribution in [0.25, 0.3) is 16.6 Å². The Bertz CT molecular complexity index is 902. The second kappa shape index (κ2) is 6.54. The standard InChI is InChI=1S/C18H15N3O/c22-18-16-15(12-19-17(16)20-13-21-18)14-10-8-6-4-2-1-3-5-7-9-11-14/h1-13H,(H2,19,20,21,22)/b2-1-,3-1?,4-2?,5-3-,6-4-,7-5?,8-6?,9-7-,10-8?,11-9?,14-10?,14-11?. The number of hydrogen-bond donors (Lipinski definition) is 2. The first kappa shape index (κ1) is 13.8. The number of aromatic nitrogens is 3. The van der Waals surface area contributed by atoms with Gasteiger partial charge in [-0.1, -0.05) is 66.8 Å². The van der Waals surface area contributed by atoms with Crippen LogP contribution in [0.1, 0.15) is 5.56 Å². The second-order valence-electron chi connectivity index (χ2n) is 4.68. The molecule has 22 heavy (non-hydrogen) atoms. The number of aromatic amines is 2. The summed E-state index contributed by atoms with van der Waals surface area (Å²) < 4.78 is 0. The van der Waals surface area contributed by atoms with E-state index >= 15 is 0 Å². The predicted octanol–water partition coefficient (Wildman–Crippen LogP) is 3.43. The Hall–Kier alpha value is -3.14. The van der Waals surface area contributed by atoms with Gasteiger partial charge >= 0.3 is 0 Å². The van der Waals surface area contributed by atoms with E-state index in [1.54, 1.807) is 0 Å². The lowest BCUT2D eigenvalue weighted by Gasteiger charge is -1.98. The molecule has 2 aromatic rings. The Labute approximate surface area is 127 Å². The van der Waals surface area contributed by atoms with Crippen LogP contribution in [0, 0.1) is 0 Å². The van der Waals surface area contributed by atoms with Gasteiger partial charge in [0.05, 0.1) is 11.7 Å². The van der Waals surface area contributed by atoms with Crippen molar-refractivity contribution in [1.29, 1.82) is 0 Å². The molecule has 0 amide bonds. The summed E-state index contributed by atoms with van der Waals surface area (Å²) in [5.74, 6) is 0. The molecule has 2 heterocycles. The number of allylic oxidation sites excluding steroid dienone is 12. The predicted molar refractivity (Wildman–Crippen MR) is 90.4 cm³/mol. The van der Waals surface area contributed by atoms with Gasteiger partial charge in [0.1, 0.15) is 5.65 Å². The van der Waals surface area contributed by atoms with Gasteiger partial charge in [0.2, 0.25) is 0 Å². The molecule has 0 unspecified atom stereocenters. The van der Waals surface area contributed by atoms with Gasteiger partial charge in [-0.3, -0.25) is 4.79 Å². The number of nitrogens with zero attached hydrogens (tertiary/aromatic N) is 1. The van der Waals surface area contributed by atoms with Crippen molar-refractivity contribution in [1.82, 2.24) is 15.0 Å². The molecule has 2 aromatic heterocycles. The maximum absolute atomic E-state index is 12.1. The molecule has 3 rings (SSSR count). The highest BCUT2D eigenvalue weighted by Gasteiger charge is 2.10. The maximum atomic E-state index is 12.1. The largest absolute Gasteiger partial charge is 0.345 e. The van der Waals surface area contributed by atoms with Crippen molar-refractivity contribution in [2.45, 2.75) is 0 Å². The third kappa shape index (κ3) is 2.96. The molecule has 0 aliphatic heterocycles. The van der Waals surface area contributed by atoms with E-state index in [9.17, 15) is 4.79 Å². The molecule has 108 valence electrons. The molecule has 1 aliphatic rings. The van der Waals surface area contributed by atoms with Crippen molar-refractivity contribution in [2.24, 2.45) is 0 Å². The normalized spacial score (nSPS) is 20.6. The number of H-pyrrole nitrogens is 2. The van der Waals surface area contributed by atoms with Crippen LogP contribution in [0.2, 0.25) is 0 Å². The molecule has 2 N–H and O–H groups in total. The van der Waals surface area contributed by atoms with E-state index in [-0.39, 0.29) is 5.56 Å². The molecule has 4 nitrogen and oxygen atoms in total. The molecule has 0 bridgehead atoms. The average Bonchev–Trinajstić information content (AvgIpc) is 2.93. The molecule has 1 aliphatic carbocycles. The first-order valence-corrected chi connectivity index (χ1v) is 6.96. The fourth-order valence-electron chi connectivity index (χ4n) is 2.20. The van der Waals surface area contributed by atoms with E-state index in [1.807, 2.05) is 73.0 Å². The molecular weight excluding hydrogens is 274 g/mol. The Morgan fingerprint density at radius 3 is 2.27 bits per heavy atom. The number of fused-ring (bicyclic) bond motifs is 1. The summed E-state index contributed by atoms with van der Waals surface area (Å²) in [6.45, 7) is 0. The lowest BCUT2D eigenvalue weighted by Crippen LogP contribution is -2.06. The molecule has 0 radical (unpaired) electrons. The van der Waals surface area contributed by atoms with Crippen LogP contribution in [-0.4, -0.2) is 15.0 Å². The first-order chi connectivity index (χ1) is 10.9. The van der Waals surface area contributed by atoms with Crippen LogP contribution in [0.5, 0.6) is 0 Å². The molecular formula is C18H15N3O. The highest BCUT2D eigenvalue weighted by atomic mass is 16.1. The van der Waals surface area contributed by atoms with Crippen LogP contribution in [0.15, 0.2) is 84.2 Å². The molecule has 0 saturated heterocycles. The third-order valence-electron chi connectivity index (χ3n) is 3.23. The minimum Gasteiger partial charge on any atom is -0.345 e. The monoisotopic (exact) mass is 289 g/mol. The number of nitrogens with one attached hydrogen (secondary N) is 2. The summed E-state index contributed by atoms with van der Waals surface area (Å²) in [5.41, 5.74) is 2.20. The molecule has 0 fully saturated rings. The molecule has 0 aromatic carbocycles. The van der Waals surface area contributed by atoms with Gasteiger partial charge in [0, 0.05) is 11.8 Å². The SMILES string of the molecule is O=c1[nH]cnc2[nH]cc(C3=C\C=C/C=C\C=C/C=C\C=C3)c12. The van der Waals surface area contributed by atoms with E-state index in [0.29, 0.717) is 11.0 Å². The zero-order valence-electron chi connectivity index (χ0n) is 11.9. The van der Waals surface area contributed by atoms with E-state index in [1.165, 1.54) is 6.33 Å². The molecule has 0 saturated carbocycles. The molecule has 4 heteroatoms. The summed E-state index contributed by atoms with van der Waals surface area (Å²) >= 11 is 0. The van der Waals surface area contributed by atoms with Gasteiger partial charge in [-0.25, -0.2) is 4.98 Å². The zero-order chi connectivity index (χ0) is 15.2. The van der Waals surface area contributed by atoms with Crippen molar-refractivity contribution < 1.29 is 0 Å². The lowest BCUT2D eigenvalue weighted by molar-refractivity contribution is 1.16. The van der Waals surface area contributed by atoms with Gasteiger partial charge in [0.25, 0.3) is 5.56 Å². The Morgan fingerprint density at radius 1 is 0.818 bits per heavy atom. The summed E-state index contributed by atoms with van der Waals surface area (Å²) in [4.78, 5) is 21.9. The van der Waals surface area contributed by atoms with Crippen molar-refractivity contribution in [3.05, 3.63) is 95.3 Å². The Kier molecular flexibility index (Phi) is 4.11. The van der Waals surface area contributed by atoms with Crippen LogP contribution in [0.3, 0.4) is 0 Å². The van der Waals surface area contributed by atoms with Gasteiger partial charge in [0.15, 0.2) is 0 Å². The topological polar surface area (TPSA) is 61.5 Å². The van der Waals surface area contributed by atoms with Crippen LogP contribution >= 0.6 is 0 Å². The quantitative estimate of drug-likeness (QED) is 0.845. The molecule has 0 spiro atoms. The second-order valence-corrected chi connectivity index (χ2v) is 4.68. The van der Waals surface area contributed by atoms with Crippen LogP contribution in [-0.2, 0) is 0 Å². The lowest BCUT2D eigenvalue weighted by atomic mass is 10.1. The van der Waals surface area contributed by atoms with Crippen molar-refractivity contribution in [3.63, 3.8) is 0 Å². The third-order valence-corrected chi connectivity index (χ3v) is 3.23. The van der Waals surface area contributed by atoms with E-state index in [0.717, 1.165) is 11.1 Å². The van der Waals surface area contributed by atoms with E-state index < -0.39 is 0 Å². The minimum atomic E-state index is -0.149. The summed E-state index contributed by atoms with van der Waals surface area (Å²) in [6.07, 6.45) is 24.7. The first-order valence-electron chi connectivity index (χ1n) is 6.96. The highest BCUT2D eigenvalue weighted by molar-refractivity contribution is 5.93. The van der Waals surface area contributed by atoms with Crippen molar-refractivity contribution >= 4 is 16.6 Å². The van der Waals surface area contributed by atoms with Gasteiger partial charge in [-0.2, -0.15) is 0 Å². The van der Waals surface area contributed by atoms with Crippen molar-refractivity contribution in [3.8, 4) is 0 Å². The van der Waals surface area contributed by atoms with Crippen LogP contribution in [0.4, 0.5) is 0 Å². The zero-order valence-corrected chi connectivity index (χ0v) is 11.9. The number of hydrogen-bond acceptors (Lipinski definition) is 2. The van der Waals surface area contributed by atoms with Gasteiger partial charge in [-0.05, 0) is 5.57 Å². The van der Waals surface area contributed by atoms with Gasteiger partial charge in [-0.15, -0.1) is 0 Å². The smallest absolute Gasteiger partial charge is 0.260 e. The highest BCUT2D eigenvalue weighted by Crippen LogP contribution is 2.22. The summed E-state index contributed by atoms with van der Waals surface area (Å²) in [5, 5.41) is 0.568. The maximum Gasteiger partial charge on any atom is 0.260 e. The molecule has 0 atom stereocenters. The minimum absolute atomic E-state index is 0.149. The number of rotatable bonds is 1. The fraction of sp³-hybridized carbons (Fsp3) is 0. The van der Waals surface area contributed by atoms with Gasteiger partial charge < -0.3 is 9.97 Å². The summed E-state index contributed by atoms with van der Waals surface area (Å²) in [6, 6.07) is 0. The van der Waals surface area contributed by atoms with Crippen molar-refractivity contribution in [2.75, 3.05) is 0 Å². The van der Waals surface area contributed by atoms with Crippen LogP contribution < -0.4 is 5.56 Å². The average molecular weight is 289 g/mol. The van der Waals surface area contributed by atoms with E-state index in [2.05, 4.69) is 15.0 Å². The summed E-state index contributed by atoms with van der Waals surface area (Å²) in [7, 11) is 0. The Morgan fingerprint density at radius 2 is 1.50 bits per heavy atom. The fourth-order valence-corrected chi connectivity index (χ4v) is 2.20. The van der Waals surface area contributed by atoms with E-state index in [4.69, 9.17) is 0 Å².